The smallest absolute Gasteiger partial charge is 0.00923 e. The number of hydrogen-bond donors (Lipinski definition) is 1. The number of hydrogen-bond acceptors (Lipinski definition) is 2. The molecule has 0 amide bonds. The molecule has 15 heavy (non-hydrogen) atoms. The maximum atomic E-state index is 4.47. The van der Waals surface area contributed by atoms with Crippen molar-refractivity contribution in [3.63, 3.8) is 0 Å². The topological polar surface area (TPSA) is 3.24 Å². The first-order chi connectivity index (χ1) is 7.15. The third kappa shape index (κ3) is 4.36. The predicted molar refractivity (Wildman–Crippen MR) is 71.7 cm³/mol. The Morgan fingerprint density at radius 2 is 1.80 bits per heavy atom. The molecule has 1 rings (SSSR count). The van der Waals surface area contributed by atoms with Crippen molar-refractivity contribution in [3.05, 3.63) is 0 Å². The van der Waals surface area contributed by atoms with E-state index in [1.165, 1.54) is 38.6 Å². The third-order valence-electron chi connectivity index (χ3n) is 3.90. The summed E-state index contributed by atoms with van der Waals surface area (Å²) >= 11 is 4.47. The quantitative estimate of drug-likeness (QED) is 0.707. The van der Waals surface area contributed by atoms with Gasteiger partial charge in [0.25, 0.3) is 0 Å². The molecule has 0 spiro atoms. The molecule has 0 heterocycles. The van der Waals surface area contributed by atoms with E-state index in [2.05, 4.69) is 38.4 Å². The lowest BCUT2D eigenvalue weighted by molar-refractivity contribution is 0.157. The van der Waals surface area contributed by atoms with Crippen LogP contribution in [0, 0.1) is 11.8 Å². The maximum absolute atomic E-state index is 4.47. The normalized spacial score (nSPS) is 21.2. The lowest BCUT2D eigenvalue weighted by Crippen LogP contribution is -2.38. The Kier molecular flexibility index (Phi) is 6.06. The molecule has 0 saturated heterocycles. The Balaban J connectivity index is 2.34. The summed E-state index contributed by atoms with van der Waals surface area (Å²) in [6.07, 6.45) is 7.14. The highest BCUT2D eigenvalue weighted by atomic mass is 32.1. The molecule has 0 aliphatic heterocycles. The Bertz CT molecular complexity index is 164. The Labute approximate surface area is 101 Å². The molecule has 1 aliphatic carbocycles. The number of thiol groups is 1. The van der Waals surface area contributed by atoms with Crippen LogP contribution in [0.3, 0.4) is 0 Å². The molecule has 1 fully saturated rings. The minimum atomic E-state index is 0.750. The molecule has 1 nitrogen and oxygen atoms in total. The van der Waals surface area contributed by atoms with Crippen LogP contribution in [0.25, 0.3) is 0 Å². The minimum Gasteiger partial charge on any atom is -0.303 e. The summed E-state index contributed by atoms with van der Waals surface area (Å²) in [6.45, 7) is 5.86. The van der Waals surface area contributed by atoms with E-state index in [9.17, 15) is 0 Å². The van der Waals surface area contributed by atoms with E-state index in [-0.39, 0.29) is 0 Å². The molecule has 0 aromatic heterocycles. The van der Waals surface area contributed by atoms with Gasteiger partial charge < -0.3 is 4.90 Å². The van der Waals surface area contributed by atoms with Crippen molar-refractivity contribution < 1.29 is 0 Å². The van der Waals surface area contributed by atoms with Gasteiger partial charge in [-0.1, -0.05) is 33.1 Å². The van der Waals surface area contributed by atoms with Gasteiger partial charge in [-0.15, -0.1) is 0 Å². The zero-order chi connectivity index (χ0) is 11.3. The second-order valence-corrected chi connectivity index (χ2v) is 5.78. The van der Waals surface area contributed by atoms with Crippen molar-refractivity contribution in [2.45, 2.75) is 52.0 Å². The van der Waals surface area contributed by atoms with Gasteiger partial charge in [-0.3, -0.25) is 0 Å². The average molecular weight is 229 g/mol. The van der Waals surface area contributed by atoms with Crippen molar-refractivity contribution in [2.75, 3.05) is 19.3 Å². The summed E-state index contributed by atoms with van der Waals surface area (Å²) in [5.74, 6) is 2.53. The van der Waals surface area contributed by atoms with E-state index in [0.29, 0.717) is 0 Å². The molecule has 0 bridgehead atoms. The maximum Gasteiger partial charge on any atom is 0.00923 e. The van der Waals surface area contributed by atoms with Gasteiger partial charge in [0.1, 0.15) is 0 Å². The lowest BCUT2D eigenvalue weighted by Gasteiger charge is -2.34. The molecule has 0 aromatic rings. The summed E-state index contributed by atoms with van der Waals surface area (Å²) in [4.78, 5) is 2.58. The summed E-state index contributed by atoms with van der Waals surface area (Å²) < 4.78 is 0. The molecule has 0 N–H and O–H groups in total. The van der Waals surface area contributed by atoms with Gasteiger partial charge >= 0.3 is 0 Å². The number of rotatable bonds is 5. The Morgan fingerprint density at radius 3 is 2.27 bits per heavy atom. The van der Waals surface area contributed by atoms with Crippen LogP contribution in [0.5, 0.6) is 0 Å². The molecule has 2 heteroatoms. The second-order valence-electron chi connectivity index (χ2n) is 5.42. The van der Waals surface area contributed by atoms with E-state index in [1.54, 1.807) is 0 Å². The first kappa shape index (κ1) is 13.4. The predicted octanol–water partition coefficient (Wildman–Crippen LogP) is 3.45. The summed E-state index contributed by atoms with van der Waals surface area (Å²) in [6, 6.07) is 0.847. The molecule has 1 saturated carbocycles. The zero-order valence-electron chi connectivity index (χ0n) is 10.6. The van der Waals surface area contributed by atoms with Crippen LogP contribution in [0.1, 0.15) is 46.0 Å². The highest BCUT2D eigenvalue weighted by Crippen LogP contribution is 2.23. The molecular weight excluding hydrogens is 202 g/mol. The van der Waals surface area contributed by atoms with Gasteiger partial charge in [-0.2, -0.15) is 12.6 Å². The summed E-state index contributed by atoms with van der Waals surface area (Å²) in [7, 11) is 2.30. The monoisotopic (exact) mass is 229 g/mol. The molecular formula is C13H27NS. The fourth-order valence-electron chi connectivity index (χ4n) is 2.52. The lowest BCUT2D eigenvalue weighted by atomic mass is 9.92. The standard InChI is InChI=1S/C13H27NS/c1-11(2)12(10-15)9-14(3)13-7-5-4-6-8-13/h11-13,15H,4-10H2,1-3H3. The molecule has 1 aliphatic rings. The summed E-state index contributed by atoms with van der Waals surface area (Å²) in [5.41, 5.74) is 0. The average Bonchev–Trinajstić information content (AvgIpc) is 2.26. The molecule has 0 radical (unpaired) electrons. The van der Waals surface area contributed by atoms with Crippen LogP contribution in [-0.4, -0.2) is 30.3 Å². The SMILES string of the molecule is CC(C)C(CS)CN(C)C1CCCCC1. The van der Waals surface area contributed by atoms with Crippen LogP contribution in [0.2, 0.25) is 0 Å². The van der Waals surface area contributed by atoms with Gasteiger partial charge in [0, 0.05) is 12.6 Å². The van der Waals surface area contributed by atoms with Crippen molar-refractivity contribution in [1.29, 1.82) is 0 Å². The zero-order valence-corrected chi connectivity index (χ0v) is 11.5. The first-order valence-corrected chi connectivity index (χ1v) is 7.09. The highest BCUT2D eigenvalue weighted by Gasteiger charge is 2.21. The fourth-order valence-corrected chi connectivity index (χ4v) is 3.06. The van der Waals surface area contributed by atoms with Crippen molar-refractivity contribution >= 4 is 12.6 Å². The van der Waals surface area contributed by atoms with Gasteiger partial charge in [0.05, 0.1) is 0 Å². The molecule has 0 aromatic carbocycles. The van der Waals surface area contributed by atoms with Crippen LogP contribution in [0.4, 0.5) is 0 Å². The Morgan fingerprint density at radius 1 is 1.20 bits per heavy atom. The number of nitrogens with zero attached hydrogens (tertiary/aromatic N) is 1. The summed E-state index contributed by atoms with van der Waals surface area (Å²) in [5, 5.41) is 0. The van der Waals surface area contributed by atoms with Crippen LogP contribution in [-0.2, 0) is 0 Å². The molecule has 90 valence electrons. The van der Waals surface area contributed by atoms with E-state index < -0.39 is 0 Å². The molecule has 1 atom stereocenters. The third-order valence-corrected chi connectivity index (χ3v) is 4.37. The Hall–Kier alpha value is 0.310. The first-order valence-electron chi connectivity index (χ1n) is 6.46. The highest BCUT2D eigenvalue weighted by molar-refractivity contribution is 7.80. The van der Waals surface area contributed by atoms with Crippen LogP contribution >= 0.6 is 12.6 Å². The van der Waals surface area contributed by atoms with E-state index in [1.807, 2.05) is 0 Å². The van der Waals surface area contributed by atoms with Crippen molar-refractivity contribution in [2.24, 2.45) is 11.8 Å². The van der Waals surface area contributed by atoms with E-state index in [0.717, 1.165) is 23.6 Å². The molecule has 1 unspecified atom stereocenters. The fraction of sp³-hybridized carbons (Fsp3) is 1.00. The van der Waals surface area contributed by atoms with Gasteiger partial charge in [0.2, 0.25) is 0 Å². The van der Waals surface area contributed by atoms with Crippen LogP contribution in [0.15, 0.2) is 0 Å². The minimum absolute atomic E-state index is 0.750. The van der Waals surface area contributed by atoms with Gasteiger partial charge in [-0.25, -0.2) is 0 Å². The van der Waals surface area contributed by atoms with E-state index >= 15 is 0 Å². The van der Waals surface area contributed by atoms with Crippen molar-refractivity contribution in [3.8, 4) is 0 Å². The largest absolute Gasteiger partial charge is 0.303 e. The van der Waals surface area contributed by atoms with Gasteiger partial charge in [-0.05, 0) is 37.5 Å². The van der Waals surface area contributed by atoms with Crippen molar-refractivity contribution in [1.82, 2.24) is 4.90 Å². The van der Waals surface area contributed by atoms with Gasteiger partial charge in [0.15, 0.2) is 0 Å². The van der Waals surface area contributed by atoms with E-state index in [4.69, 9.17) is 0 Å². The van der Waals surface area contributed by atoms with Crippen LogP contribution < -0.4 is 0 Å². The second kappa shape index (κ2) is 6.80.